The molecule has 13 nitrogen and oxygen atoms in total. The van der Waals surface area contributed by atoms with E-state index in [1.807, 2.05) is 25.1 Å². The highest BCUT2D eigenvalue weighted by atomic mass is 16.5. The molecule has 1 aliphatic heterocycles. The van der Waals surface area contributed by atoms with Crippen LogP contribution in [0, 0.1) is 13.8 Å². The van der Waals surface area contributed by atoms with E-state index in [2.05, 4.69) is 25.8 Å². The summed E-state index contributed by atoms with van der Waals surface area (Å²) in [7, 11) is 3.25. The maximum absolute atomic E-state index is 13.6. The van der Waals surface area contributed by atoms with Gasteiger partial charge >= 0.3 is 0 Å². The zero-order chi connectivity index (χ0) is 29.8. The van der Waals surface area contributed by atoms with Crippen LogP contribution in [0.4, 0.5) is 5.69 Å². The molecule has 3 aromatic heterocycles. The van der Waals surface area contributed by atoms with Gasteiger partial charge in [-0.15, -0.1) is 0 Å². The van der Waals surface area contributed by atoms with E-state index >= 15 is 0 Å². The Bertz CT molecular complexity index is 1640. The molecule has 0 saturated carbocycles. The van der Waals surface area contributed by atoms with Crippen molar-refractivity contribution in [2.24, 2.45) is 4.99 Å². The monoisotopic (exact) mass is 572 g/mol. The molecule has 1 fully saturated rings. The third kappa shape index (κ3) is 6.62. The molecule has 1 atom stereocenters. The van der Waals surface area contributed by atoms with Gasteiger partial charge in [0.2, 0.25) is 17.8 Å². The number of aryl methyl sites for hydroxylation is 2. The van der Waals surface area contributed by atoms with Crippen molar-refractivity contribution in [1.82, 2.24) is 30.2 Å². The third-order valence-corrected chi connectivity index (χ3v) is 6.72. The summed E-state index contributed by atoms with van der Waals surface area (Å²) in [6, 6.07) is 9.65. The van der Waals surface area contributed by atoms with Crippen LogP contribution >= 0.6 is 0 Å². The van der Waals surface area contributed by atoms with Gasteiger partial charge in [0, 0.05) is 37.9 Å². The number of nitrogens with one attached hydrogen (secondary N) is 2. The first-order valence-electron chi connectivity index (χ1n) is 13.6. The quantitative estimate of drug-likeness (QED) is 0.261. The van der Waals surface area contributed by atoms with Crippen LogP contribution in [0.5, 0.6) is 0 Å². The first-order valence-corrected chi connectivity index (χ1v) is 13.6. The first kappa shape index (κ1) is 28.5. The summed E-state index contributed by atoms with van der Waals surface area (Å²) in [6.07, 6.45) is 3.39. The predicted molar refractivity (Wildman–Crippen MR) is 154 cm³/mol. The van der Waals surface area contributed by atoms with Gasteiger partial charge in [-0.2, -0.15) is 4.98 Å². The van der Waals surface area contributed by atoms with Crippen molar-refractivity contribution in [3.05, 3.63) is 71.3 Å². The van der Waals surface area contributed by atoms with Crippen molar-refractivity contribution in [3.8, 4) is 0 Å². The Labute approximate surface area is 242 Å². The van der Waals surface area contributed by atoms with Gasteiger partial charge in [0.15, 0.2) is 5.82 Å². The van der Waals surface area contributed by atoms with Crippen LogP contribution in [0.3, 0.4) is 0 Å². The molecule has 218 valence electrons. The summed E-state index contributed by atoms with van der Waals surface area (Å²) in [6.45, 7) is 4.30. The fourth-order valence-electron chi connectivity index (χ4n) is 4.63. The molecule has 3 amide bonds. The summed E-state index contributed by atoms with van der Waals surface area (Å²) in [4.78, 5) is 55.2. The Morgan fingerprint density at radius 1 is 1.14 bits per heavy atom. The molecule has 1 aromatic carbocycles. The van der Waals surface area contributed by atoms with Crippen molar-refractivity contribution < 1.29 is 23.3 Å². The maximum Gasteiger partial charge on any atom is 0.271 e. The van der Waals surface area contributed by atoms with Gasteiger partial charge in [0.25, 0.3) is 11.8 Å². The number of likely N-dealkylation sites (tertiary alicyclic amines) is 1. The summed E-state index contributed by atoms with van der Waals surface area (Å²) in [5.41, 5.74) is 1.81. The molecule has 0 bridgehead atoms. The summed E-state index contributed by atoms with van der Waals surface area (Å²) in [5, 5.41) is 10.6. The second-order valence-corrected chi connectivity index (χ2v) is 10.3. The van der Waals surface area contributed by atoms with Crippen molar-refractivity contribution in [3.63, 3.8) is 0 Å². The second kappa shape index (κ2) is 12.2. The maximum atomic E-state index is 13.6. The predicted octanol–water partition coefficient (Wildman–Crippen LogP) is 3.31. The van der Waals surface area contributed by atoms with E-state index in [1.54, 1.807) is 32.0 Å². The number of anilines is 1. The molecule has 1 saturated heterocycles. The average molecular weight is 573 g/mol. The number of carbonyl (C=O) groups excluding carboxylic acids is 3. The van der Waals surface area contributed by atoms with Crippen LogP contribution in [0.25, 0.3) is 11.0 Å². The molecule has 2 N–H and O–H groups in total. The number of aromatic nitrogens is 3. The number of benzene rings is 1. The average Bonchev–Trinajstić information content (AvgIpc) is 3.51. The highest BCUT2D eigenvalue weighted by molar-refractivity contribution is 6.11. The van der Waals surface area contributed by atoms with Crippen molar-refractivity contribution in [1.29, 1.82) is 0 Å². The fraction of sp³-hybridized carbons (Fsp3) is 0.345. The third-order valence-electron chi connectivity index (χ3n) is 6.72. The van der Waals surface area contributed by atoms with E-state index in [1.165, 1.54) is 23.2 Å². The number of hydrogen-bond donors (Lipinski definition) is 2. The van der Waals surface area contributed by atoms with E-state index in [-0.39, 0.29) is 35.6 Å². The molecule has 5 rings (SSSR count). The lowest BCUT2D eigenvalue weighted by Gasteiger charge is -2.22. The topological polar surface area (TPSA) is 159 Å². The molecular formula is C29H32N8O5. The van der Waals surface area contributed by atoms with E-state index < -0.39 is 11.9 Å². The van der Waals surface area contributed by atoms with Gasteiger partial charge in [-0.05, 0) is 69.5 Å². The number of fused-ring (bicyclic) bond motifs is 1. The summed E-state index contributed by atoms with van der Waals surface area (Å²) in [5.74, 6) is 0.737. The SMILES string of the molecule is Cc1noc(CN2CCCC[C@H](N=C(NC(=O)c3ccc(C(=O)N(C)C)nc3)Nc3ccc4oc(C)cc4c3)C2=O)n1. The molecule has 4 heterocycles. The Balaban J connectivity index is 1.41. The minimum Gasteiger partial charge on any atom is -0.461 e. The molecule has 0 radical (unpaired) electrons. The van der Waals surface area contributed by atoms with Gasteiger partial charge in [-0.3, -0.25) is 24.7 Å². The van der Waals surface area contributed by atoms with E-state index in [0.717, 1.165) is 29.6 Å². The van der Waals surface area contributed by atoms with Crippen molar-refractivity contribution in [2.45, 2.75) is 45.7 Å². The van der Waals surface area contributed by atoms with Crippen LogP contribution in [-0.4, -0.2) is 75.3 Å². The Kier molecular flexibility index (Phi) is 8.27. The van der Waals surface area contributed by atoms with Crippen molar-refractivity contribution >= 4 is 40.3 Å². The molecule has 0 aliphatic carbocycles. The zero-order valence-electron chi connectivity index (χ0n) is 23.9. The van der Waals surface area contributed by atoms with Gasteiger partial charge in [-0.25, -0.2) is 4.99 Å². The number of guanidine groups is 1. The minimum absolute atomic E-state index is 0.0989. The zero-order valence-corrected chi connectivity index (χ0v) is 23.9. The number of aliphatic imine (C=N–C) groups is 1. The van der Waals surface area contributed by atoms with Gasteiger partial charge < -0.3 is 24.1 Å². The van der Waals surface area contributed by atoms with E-state index in [9.17, 15) is 14.4 Å². The lowest BCUT2D eigenvalue weighted by atomic mass is 10.1. The number of carbonyl (C=O) groups is 3. The van der Waals surface area contributed by atoms with Crippen LogP contribution in [0.1, 0.15) is 57.6 Å². The first-order chi connectivity index (χ1) is 20.2. The standard InChI is InChI=1S/C29H32N8O5/c1-17-13-20-14-21(9-11-24(20)41-17)32-29(34-26(38)19-8-10-22(30-15-19)27(39)36(3)4)33-23-7-5-6-12-37(28(23)40)16-25-31-18(2)35-42-25/h8-11,13-15,23H,5-7,12,16H2,1-4H3,(H2,32,33,34,38)/t23-/m0/s1. The lowest BCUT2D eigenvalue weighted by Crippen LogP contribution is -2.41. The number of nitrogens with zero attached hydrogens (tertiary/aromatic N) is 6. The largest absolute Gasteiger partial charge is 0.461 e. The van der Waals surface area contributed by atoms with Crippen molar-refractivity contribution in [2.75, 3.05) is 26.0 Å². The Hall–Kier alpha value is -5.07. The molecule has 13 heteroatoms. The van der Waals surface area contributed by atoms with Crippen LogP contribution in [0.15, 0.2) is 56.5 Å². The van der Waals surface area contributed by atoms with Gasteiger partial charge in [0.1, 0.15) is 29.6 Å². The Morgan fingerprint density at radius 2 is 1.98 bits per heavy atom. The number of amides is 3. The molecule has 42 heavy (non-hydrogen) atoms. The highest BCUT2D eigenvalue weighted by Crippen LogP contribution is 2.23. The number of pyridine rings is 1. The molecular weight excluding hydrogens is 540 g/mol. The van der Waals surface area contributed by atoms with Gasteiger partial charge in [0.05, 0.1) is 5.56 Å². The number of rotatable bonds is 6. The molecule has 0 unspecified atom stereocenters. The minimum atomic E-state index is -0.752. The molecule has 1 aliphatic rings. The normalized spacial score (nSPS) is 15.9. The van der Waals surface area contributed by atoms with Crippen LogP contribution < -0.4 is 10.6 Å². The number of furan rings is 1. The highest BCUT2D eigenvalue weighted by Gasteiger charge is 2.29. The van der Waals surface area contributed by atoms with Gasteiger partial charge in [-0.1, -0.05) is 5.16 Å². The van der Waals surface area contributed by atoms with Crippen LogP contribution in [-0.2, 0) is 11.3 Å². The van der Waals surface area contributed by atoms with E-state index in [0.29, 0.717) is 30.4 Å². The summed E-state index contributed by atoms with van der Waals surface area (Å²) < 4.78 is 10.9. The summed E-state index contributed by atoms with van der Waals surface area (Å²) >= 11 is 0. The Morgan fingerprint density at radius 3 is 2.69 bits per heavy atom. The molecule has 4 aromatic rings. The van der Waals surface area contributed by atoms with E-state index in [4.69, 9.17) is 13.9 Å². The lowest BCUT2D eigenvalue weighted by molar-refractivity contribution is -0.132. The van der Waals surface area contributed by atoms with Crippen LogP contribution in [0.2, 0.25) is 0 Å². The number of hydrogen-bond acceptors (Lipinski definition) is 9. The molecule has 0 spiro atoms. The fourth-order valence-corrected chi connectivity index (χ4v) is 4.63. The smallest absolute Gasteiger partial charge is 0.271 e. The second-order valence-electron chi connectivity index (χ2n) is 10.3.